The second-order valence-electron chi connectivity index (χ2n) is 10.9. The van der Waals surface area contributed by atoms with E-state index < -0.39 is 12.7 Å². The molecule has 242 valence electrons. The van der Waals surface area contributed by atoms with Gasteiger partial charge in [-0.25, -0.2) is 14.7 Å². The summed E-state index contributed by atoms with van der Waals surface area (Å²) in [6.07, 6.45) is -4.40. The van der Waals surface area contributed by atoms with Gasteiger partial charge in [0.1, 0.15) is 17.8 Å². The maximum absolute atomic E-state index is 12.4. The number of nitrogens with one attached hydrogen (secondary N) is 1. The highest BCUT2D eigenvalue weighted by atomic mass is 32.2. The number of alkyl halides is 3. The van der Waals surface area contributed by atoms with E-state index in [9.17, 15) is 18.3 Å². The fourth-order valence-electron chi connectivity index (χ4n) is 4.94. The lowest BCUT2D eigenvalue weighted by atomic mass is 10.00. The number of amidine groups is 1. The average Bonchev–Trinajstić information content (AvgIpc) is 3.70. The van der Waals surface area contributed by atoms with Crippen LogP contribution < -0.4 is 19.7 Å². The Balaban J connectivity index is 1.26. The summed E-state index contributed by atoms with van der Waals surface area (Å²) in [5.41, 5.74) is 6.15. The monoisotopic (exact) mass is 652 g/mol. The van der Waals surface area contributed by atoms with Gasteiger partial charge in [-0.3, -0.25) is 0 Å². The Morgan fingerprint density at radius 3 is 2.37 bits per heavy atom. The maximum Gasteiger partial charge on any atom is 0.573 e. The smallest absolute Gasteiger partial charge is 0.497 e. The number of hydrogen-bond donors (Lipinski definition) is 2. The summed E-state index contributed by atoms with van der Waals surface area (Å²) in [6.45, 7) is 8.92. The zero-order chi connectivity index (χ0) is 33.0. The quantitative estimate of drug-likeness (QED) is 0.174. The molecule has 1 unspecified atom stereocenters. The third-order valence-corrected chi connectivity index (χ3v) is 8.44. The van der Waals surface area contributed by atoms with E-state index in [1.807, 2.05) is 50.2 Å². The van der Waals surface area contributed by atoms with Gasteiger partial charge in [0.05, 0.1) is 12.8 Å². The summed E-state index contributed by atoms with van der Waals surface area (Å²) in [7, 11) is 1.66. The number of aliphatic hydroxyl groups excluding tert-OH is 1. The predicted molar refractivity (Wildman–Crippen MR) is 175 cm³/mol. The first kappa shape index (κ1) is 32.9. The van der Waals surface area contributed by atoms with Crippen LogP contribution in [0.15, 0.2) is 83.7 Å². The van der Waals surface area contributed by atoms with Crippen LogP contribution in [0.4, 0.5) is 18.9 Å². The minimum Gasteiger partial charge on any atom is -0.497 e. The van der Waals surface area contributed by atoms with Gasteiger partial charge in [-0.2, -0.15) is 0 Å². The van der Waals surface area contributed by atoms with Gasteiger partial charge >= 0.3 is 6.36 Å². The van der Waals surface area contributed by atoms with Gasteiger partial charge in [-0.1, -0.05) is 49.9 Å². The van der Waals surface area contributed by atoms with Crippen LogP contribution >= 0.6 is 11.8 Å². The summed E-state index contributed by atoms with van der Waals surface area (Å²) >= 11 is 1.61. The minimum absolute atomic E-state index is 0.285. The first-order valence-electron chi connectivity index (χ1n) is 14.6. The molecule has 4 aromatic rings. The van der Waals surface area contributed by atoms with Crippen molar-refractivity contribution in [2.24, 2.45) is 4.99 Å². The molecule has 1 saturated heterocycles. The van der Waals surface area contributed by atoms with Crippen LogP contribution in [0.2, 0.25) is 0 Å². The van der Waals surface area contributed by atoms with Crippen LogP contribution in [0, 0.1) is 0 Å². The molecule has 9 nitrogen and oxygen atoms in total. The van der Waals surface area contributed by atoms with E-state index in [1.165, 1.54) is 35.3 Å². The van der Waals surface area contributed by atoms with Crippen molar-refractivity contribution in [2.45, 2.75) is 46.3 Å². The van der Waals surface area contributed by atoms with Crippen molar-refractivity contribution in [1.82, 2.24) is 20.1 Å². The van der Waals surface area contributed by atoms with Crippen LogP contribution in [0.1, 0.15) is 44.7 Å². The number of rotatable bonds is 10. The molecule has 1 aliphatic heterocycles. The highest BCUT2D eigenvalue weighted by Gasteiger charge is 2.31. The number of nitrogens with zero attached hydrogens (tertiary/aromatic N) is 5. The van der Waals surface area contributed by atoms with E-state index in [2.05, 4.69) is 49.9 Å². The van der Waals surface area contributed by atoms with E-state index >= 15 is 0 Å². The molecule has 0 saturated carbocycles. The largest absolute Gasteiger partial charge is 0.573 e. The predicted octanol–water partition coefficient (Wildman–Crippen LogP) is 7.19. The molecule has 5 rings (SSSR count). The molecule has 2 N–H and O–H groups in total. The Kier molecular flexibility index (Phi) is 9.92. The molecular weight excluding hydrogens is 617 g/mol. The Morgan fingerprint density at radius 1 is 1.02 bits per heavy atom. The number of methoxy groups -OCH3 is 1. The molecule has 3 aromatic carbocycles. The van der Waals surface area contributed by atoms with E-state index in [0.29, 0.717) is 11.5 Å². The highest BCUT2D eigenvalue weighted by Crippen LogP contribution is 2.35. The van der Waals surface area contributed by atoms with Gasteiger partial charge in [0.2, 0.25) is 6.35 Å². The number of aliphatic hydroxyl groups is 1. The molecule has 0 radical (unpaired) electrons. The molecule has 46 heavy (non-hydrogen) atoms. The zero-order valence-electron chi connectivity index (χ0n) is 26.0. The molecule has 0 amide bonds. The molecule has 1 atom stereocenters. The highest BCUT2D eigenvalue weighted by molar-refractivity contribution is 8.14. The fraction of sp³-hybridized carbons (Fsp3) is 0.303. The fourth-order valence-corrected chi connectivity index (χ4v) is 5.92. The van der Waals surface area contributed by atoms with Crippen molar-refractivity contribution >= 4 is 28.2 Å². The van der Waals surface area contributed by atoms with Gasteiger partial charge in [0.15, 0.2) is 11.0 Å². The summed E-state index contributed by atoms with van der Waals surface area (Å²) in [6, 6.07) is 19.1. The van der Waals surface area contributed by atoms with Crippen LogP contribution in [-0.2, 0) is 0 Å². The number of halogens is 3. The Hall–Kier alpha value is -4.49. The van der Waals surface area contributed by atoms with Crippen molar-refractivity contribution in [3.8, 4) is 28.6 Å². The summed E-state index contributed by atoms with van der Waals surface area (Å²) in [4.78, 5) is 11.1. The molecule has 0 spiro atoms. The molecule has 1 fully saturated rings. The average molecular weight is 653 g/mol. The molecule has 13 heteroatoms. The van der Waals surface area contributed by atoms with Gasteiger partial charge in [0, 0.05) is 29.2 Å². The first-order valence-corrected chi connectivity index (χ1v) is 15.6. The van der Waals surface area contributed by atoms with E-state index in [4.69, 9.17) is 4.74 Å². The SMILES string of the molecule is COc1ccc(N2CCS/C2=N\C(O)N/C(C)=C(\C)c2ccc(-c3ncn(-c4ccc(OC(F)(F)F)cc4)n3)cc2)c(C(C)C)c1. The molecule has 1 aromatic heterocycles. The number of aliphatic imine (C=N–C) groups is 1. The second-order valence-corrected chi connectivity index (χ2v) is 12.0. The summed E-state index contributed by atoms with van der Waals surface area (Å²) in [5, 5.41) is 19.2. The number of ether oxygens (including phenoxy) is 2. The van der Waals surface area contributed by atoms with Crippen molar-refractivity contribution in [1.29, 1.82) is 0 Å². The van der Waals surface area contributed by atoms with Crippen LogP contribution in [0.25, 0.3) is 22.6 Å². The Morgan fingerprint density at radius 2 is 1.72 bits per heavy atom. The third kappa shape index (κ3) is 7.83. The lowest BCUT2D eigenvalue weighted by molar-refractivity contribution is -0.274. The summed E-state index contributed by atoms with van der Waals surface area (Å²) < 4.78 is 48.2. The zero-order valence-corrected chi connectivity index (χ0v) is 26.9. The number of allylic oxidation sites excluding steroid dienone is 2. The molecule has 0 aliphatic carbocycles. The normalized spacial score (nSPS) is 15.7. The lowest BCUT2D eigenvalue weighted by Gasteiger charge is -2.24. The van der Waals surface area contributed by atoms with Gasteiger partial charge in [0.25, 0.3) is 0 Å². The number of benzene rings is 3. The second kappa shape index (κ2) is 13.9. The van der Waals surface area contributed by atoms with Crippen molar-refractivity contribution < 1.29 is 27.8 Å². The number of hydrogen-bond acceptors (Lipinski definition) is 8. The molecule has 1 aliphatic rings. The van der Waals surface area contributed by atoms with E-state index in [1.54, 1.807) is 18.9 Å². The third-order valence-electron chi connectivity index (χ3n) is 7.47. The van der Waals surface area contributed by atoms with Crippen LogP contribution in [0.5, 0.6) is 11.5 Å². The van der Waals surface area contributed by atoms with E-state index in [-0.39, 0.29) is 11.7 Å². The minimum atomic E-state index is -4.75. The topological polar surface area (TPSA) is 97.0 Å². The van der Waals surface area contributed by atoms with Crippen molar-refractivity contribution in [2.75, 3.05) is 24.3 Å². The number of anilines is 1. The van der Waals surface area contributed by atoms with Gasteiger partial charge < -0.3 is 24.8 Å². The van der Waals surface area contributed by atoms with Crippen LogP contribution in [-0.4, -0.2) is 57.2 Å². The maximum atomic E-state index is 12.4. The molecular formula is C33H35F3N6O3S. The van der Waals surface area contributed by atoms with E-state index in [0.717, 1.165) is 56.9 Å². The Bertz CT molecular complexity index is 1720. The summed E-state index contributed by atoms with van der Waals surface area (Å²) in [5.74, 6) is 2.11. The van der Waals surface area contributed by atoms with Crippen molar-refractivity contribution in [3.63, 3.8) is 0 Å². The van der Waals surface area contributed by atoms with Gasteiger partial charge in [-0.15, -0.1) is 18.3 Å². The molecule has 0 bridgehead atoms. The first-order chi connectivity index (χ1) is 21.9. The molecule has 2 heterocycles. The van der Waals surface area contributed by atoms with Crippen molar-refractivity contribution in [3.05, 3.63) is 89.9 Å². The van der Waals surface area contributed by atoms with Crippen LogP contribution in [0.3, 0.4) is 0 Å². The number of thioether (sulfide) groups is 1. The number of aromatic nitrogens is 3. The standard InChI is InChI=1S/C33H35F3N6O3S/c1-20(2)28-18-27(44-5)14-15-29(28)41-16-17-46-32(41)39-31(43)38-22(4)21(3)23-6-8-24(9-7-23)30-37-19-42(40-30)25-10-12-26(13-11-25)45-33(34,35)36/h6-15,18-20,31,38,43H,16-17H2,1-5H3/b22-21+,39-32-. The lowest BCUT2D eigenvalue weighted by Crippen LogP contribution is -2.31. The van der Waals surface area contributed by atoms with Gasteiger partial charge in [-0.05, 0) is 78.9 Å². The Labute approximate surface area is 269 Å².